The Morgan fingerprint density at radius 3 is 2.63 bits per heavy atom. The van der Waals surface area contributed by atoms with Crippen LogP contribution in [-0.2, 0) is 13.1 Å². The van der Waals surface area contributed by atoms with Gasteiger partial charge in [0.15, 0.2) is 0 Å². The normalized spacial score (nSPS) is 15.1. The summed E-state index contributed by atoms with van der Waals surface area (Å²) in [6.45, 7) is 5.72. The number of hydrogen-bond donors (Lipinski definition) is 0. The van der Waals surface area contributed by atoms with Crippen molar-refractivity contribution in [3.8, 4) is 5.75 Å². The number of piperazine rings is 1. The highest BCUT2D eigenvalue weighted by molar-refractivity contribution is 5.44. The molecule has 1 aliphatic rings. The Hall–Kier alpha value is -2.93. The highest BCUT2D eigenvalue weighted by Gasteiger charge is 2.18. The Kier molecular flexibility index (Phi) is 5.29. The fourth-order valence-electron chi connectivity index (χ4n) is 3.51. The number of pyridine rings is 1. The lowest BCUT2D eigenvalue weighted by Gasteiger charge is -2.36. The van der Waals surface area contributed by atoms with Gasteiger partial charge in [0.1, 0.15) is 18.4 Å². The quantitative estimate of drug-likeness (QED) is 0.667. The van der Waals surface area contributed by atoms with Gasteiger partial charge in [-0.3, -0.25) is 9.88 Å². The van der Waals surface area contributed by atoms with Crippen LogP contribution in [0.5, 0.6) is 5.75 Å². The topological polar surface area (TPSA) is 59.3 Å². The van der Waals surface area contributed by atoms with E-state index in [-0.39, 0.29) is 0 Å². The smallest absolute Gasteiger partial charge is 0.137 e. The first-order valence-electron chi connectivity index (χ1n) is 9.17. The summed E-state index contributed by atoms with van der Waals surface area (Å²) in [5.74, 6) is 0.885. The number of nitrogens with zero attached hydrogens (tertiary/aromatic N) is 6. The van der Waals surface area contributed by atoms with Crippen LogP contribution in [0.15, 0.2) is 55.4 Å². The second-order valence-corrected chi connectivity index (χ2v) is 6.71. The molecule has 1 fully saturated rings. The summed E-state index contributed by atoms with van der Waals surface area (Å²) in [6.07, 6.45) is 7.04. The summed E-state index contributed by atoms with van der Waals surface area (Å²) in [5.41, 5.74) is 3.62. The highest BCUT2D eigenvalue weighted by atomic mass is 16.5. The monoisotopic (exact) mass is 364 g/mol. The van der Waals surface area contributed by atoms with Crippen molar-refractivity contribution >= 4 is 5.69 Å². The number of ether oxygens (including phenoxy) is 1. The Morgan fingerprint density at radius 1 is 1.04 bits per heavy atom. The van der Waals surface area contributed by atoms with Crippen molar-refractivity contribution in [2.75, 3.05) is 38.2 Å². The first-order chi connectivity index (χ1) is 13.3. The fraction of sp³-hybridized carbons (Fsp3) is 0.350. The maximum atomic E-state index is 5.51. The van der Waals surface area contributed by atoms with Crippen LogP contribution in [0.4, 0.5) is 5.69 Å². The molecule has 0 bridgehead atoms. The van der Waals surface area contributed by atoms with Gasteiger partial charge in [-0.2, -0.15) is 5.10 Å². The predicted molar refractivity (Wildman–Crippen MR) is 104 cm³/mol. The lowest BCUT2D eigenvalue weighted by molar-refractivity contribution is 0.249. The van der Waals surface area contributed by atoms with Crippen LogP contribution in [0.25, 0.3) is 0 Å². The summed E-state index contributed by atoms with van der Waals surface area (Å²) >= 11 is 0. The number of aromatic nitrogens is 4. The molecule has 4 rings (SSSR count). The van der Waals surface area contributed by atoms with Crippen molar-refractivity contribution in [1.29, 1.82) is 0 Å². The molecular weight excluding hydrogens is 340 g/mol. The van der Waals surface area contributed by atoms with Crippen molar-refractivity contribution in [2.45, 2.75) is 13.1 Å². The molecule has 7 heteroatoms. The van der Waals surface area contributed by atoms with Gasteiger partial charge in [0.2, 0.25) is 0 Å². The van der Waals surface area contributed by atoms with E-state index in [1.54, 1.807) is 19.8 Å². The van der Waals surface area contributed by atoms with Crippen molar-refractivity contribution < 1.29 is 4.74 Å². The third-order valence-corrected chi connectivity index (χ3v) is 4.93. The van der Waals surface area contributed by atoms with Gasteiger partial charge in [-0.15, -0.1) is 0 Å². The molecule has 0 saturated carbocycles. The van der Waals surface area contributed by atoms with E-state index in [0.29, 0.717) is 6.54 Å². The molecule has 0 atom stereocenters. The van der Waals surface area contributed by atoms with Gasteiger partial charge >= 0.3 is 0 Å². The van der Waals surface area contributed by atoms with Crippen LogP contribution < -0.4 is 9.64 Å². The van der Waals surface area contributed by atoms with Gasteiger partial charge in [0.25, 0.3) is 0 Å². The van der Waals surface area contributed by atoms with E-state index in [1.165, 1.54) is 11.3 Å². The fourth-order valence-corrected chi connectivity index (χ4v) is 3.51. The van der Waals surface area contributed by atoms with E-state index in [0.717, 1.165) is 44.0 Å². The summed E-state index contributed by atoms with van der Waals surface area (Å²) < 4.78 is 7.33. The molecule has 1 aromatic carbocycles. The minimum atomic E-state index is 0.659. The molecule has 2 aromatic heterocycles. The molecule has 140 valence electrons. The van der Waals surface area contributed by atoms with E-state index in [4.69, 9.17) is 4.74 Å². The number of benzene rings is 1. The zero-order valence-corrected chi connectivity index (χ0v) is 15.5. The minimum absolute atomic E-state index is 0.659. The van der Waals surface area contributed by atoms with E-state index in [2.05, 4.69) is 43.1 Å². The lowest BCUT2D eigenvalue weighted by atomic mass is 10.1. The third kappa shape index (κ3) is 4.25. The zero-order chi connectivity index (χ0) is 18.5. The molecular formula is C20H24N6O. The number of anilines is 1. The molecule has 0 spiro atoms. The Bertz CT molecular complexity index is 844. The molecule has 0 radical (unpaired) electrons. The van der Waals surface area contributed by atoms with Crippen LogP contribution in [0.1, 0.15) is 11.1 Å². The van der Waals surface area contributed by atoms with Crippen LogP contribution >= 0.6 is 0 Å². The average molecular weight is 364 g/mol. The molecule has 1 aliphatic heterocycles. The Morgan fingerprint density at radius 2 is 1.93 bits per heavy atom. The second-order valence-electron chi connectivity index (χ2n) is 6.71. The van der Waals surface area contributed by atoms with Gasteiger partial charge in [0.05, 0.1) is 25.5 Å². The van der Waals surface area contributed by atoms with Crippen LogP contribution in [0.2, 0.25) is 0 Å². The van der Waals surface area contributed by atoms with Gasteiger partial charge in [-0.25, -0.2) is 9.67 Å². The zero-order valence-electron chi connectivity index (χ0n) is 15.5. The molecule has 0 unspecified atom stereocenters. The van der Waals surface area contributed by atoms with Gasteiger partial charge in [0, 0.05) is 44.5 Å². The average Bonchev–Trinajstić information content (AvgIpc) is 3.23. The predicted octanol–water partition coefficient (Wildman–Crippen LogP) is 2.05. The first kappa shape index (κ1) is 17.5. The Balaban J connectivity index is 1.39. The van der Waals surface area contributed by atoms with Crippen molar-refractivity contribution in [1.82, 2.24) is 24.6 Å². The molecule has 3 aromatic rings. The van der Waals surface area contributed by atoms with E-state index < -0.39 is 0 Å². The van der Waals surface area contributed by atoms with Gasteiger partial charge in [-0.05, 0) is 29.8 Å². The molecule has 0 aliphatic carbocycles. The van der Waals surface area contributed by atoms with Crippen molar-refractivity contribution in [3.05, 3.63) is 66.5 Å². The van der Waals surface area contributed by atoms with E-state index in [1.807, 2.05) is 29.2 Å². The standard InChI is InChI=1S/C20H24N6O/c1-27-20-5-4-17(11-18(20)14-26-16-22-15-23-26)13-24-7-9-25(10-8-24)19-3-2-6-21-12-19/h2-6,11-12,15-16H,7-10,13-14H2,1H3. The number of hydrogen-bond acceptors (Lipinski definition) is 6. The van der Waals surface area contributed by atoms with Crippen LogP contribution in [0.3, 0.4) is 0 Å². The maximum Gasteiger partial charge on any atom is 0.137 e. The summed E-state index contributed by atoms with van der Waals surface area (Å²) in [7, 11) is 1.71. The van der Waals surface area contributed by atoms with Crippen LogP contribution in [0, 0.1) is 0 Å². The second kappa shape index (κ2) is 8.18. The van der Waals surface area contributed by atoms with Crippen molar-refractivity contribution in [3.63, 3.8) is 0 Å². The molecule has 1 saturated heterocycles. The highest BCUT2D eigenvalue weighted by Crippen LogP contribution is 2.22. The first-order valence-corrected chi connectivity index (χ1v) is 9.17. The summed E-state index contributed by atoms with van der Waals surface area (Å²) in [5, 5.41) is 4.20. The Labute approximate surface area is 159 Å². The number of rotatable bonds is 6. The van der Waals surface area contributed by atoms with Gasteiger partial charge in [-0.1, -0.05) is 6.07 Å². The molecule has 7 nitrogen and oxygen atoms in total. The summed E-state index contributed by atoms with van der Waals surface area (Å²) in [6, 6.07) is 10.5. The largest absolute Gasteiger partial charge is 0.496 e. The van der Waals surface area contributed by atoms with Gasteiger partial charge < -0.3 is 9.64 Å². The van der Waals surface area contributed by atoms with Crippen LogP contribution in [-0.4, -0.2) is 57.9 Å². The van der Waals surface area contributed by atoms with E-state index >= 15 is 0 Å². The minimum Gasteiger partial charge on any atom is -0.496 e. The molecule has 0 N–H and O–H groups in total. The maximum absolute atomic E-state index is 5.51. The number of methoxy groups -OCH3 is 1. The SMILES string of the molecule is COc1ccc(CN2CCN(c3cccnc3)CC2)cc1Cn1cncn1. The summed E-state index contributed by atoms with van der Waals surface area (Å²) in [4.78, 5) is 13.1. The van der Waals surface area contributed by atoms with Crippen molar-refractivity contribution in [2.24, 2.45) is 0 Å². The lowest BCUT2D eigenvalue weighted by Crippen LogP contribution is -2.46. The van der Waals surface area contributed by atoms with E-state index in [9.17, 15) is 0 Å². The molecule has 27 heavy (non-hydrogen) atoms. The molecule has 0 amide bonds. The molecule has 3 heterocycles. The third-order valence-electron chi connectivity index (χ3n) is 4.93.